The van der Waals surface area contributed by atoms with E-state index in [0.29, 0.717) is 29.3 Å². The molecule has 0 aliphatic carbocycles. The van der Waals surface area contributed by atoms with E-state index < -0.39 is 0 Å². The molecule has 0 saturated carbocycles. The average molecular weight is 398 g/mol. The number of hydrogen-bond acceptors (Lipinski definition) is 4. The Morgan fingerprint density at radius 1 is 0.929 bits per heavy atom. The van der Waals surface area contributed by atoms with Gasteiger partial charge >= 0.3 is 0 Å². The van der Waals surface area contributed by atoms with Crippen molar-refractivity contribution in [3.8, 4) is 0 Å². The molecule has 28 heavy (non-hydrogen) atoms. The number of nitrogens with one attached hydrogen (secondary N) is 2. The Hall–Kier alpha value is -3.06. The largest absolute Gasteiger partial charge is 0.467 e. The molecule has 0 aliphatic heterocycles. The van der Waals surface area contributed by atoms with E-state index in [1.165, 1.54) is 23.9 Å². The van der Waals surface area contributed by atoms with Crippen LogP contribution in [0.15, 0.2) is 76.2 Å². The highest BCUT2D eigenvalue weighted by Crippen LogP contribution is 2.22. The van der Waals surface area contributed by atoms with Crippen LogP contribution in [0.4, 0.5) is 4.39 Å². The van der Waals surface area contributed by atoms with E-state index in [0.717, 1.165) is 5.56 Å². The second kappa shape index (κ2) is 9.75. The van der Waals surface area contributed by atoms with Crippen LogP contribution in [0.1, 0.15) is 21.7 Å². The van der Waals surface area contributed by atoms with Gasteiger partial charge < -0.3 is 15.1 Å². The highest BCUT2D eigenvalue weighted by atomic mass is 32.2. The van der Waals surface area contributed by atoms with E-state index >= 15 is 0 Å². The third kappa shape index (κ3) is 5.72. The molecule has 0 unspecified atom stereocenters. The quantitative estimate of drug-likeness (QED) is 0.567. The van der Waals surface area contributed by atoms with Gasteiger partial charge in [-0.2, -0.15) is 0 Å². The summed E-state index contributed by atoms with van der Waals surface area (Å²) in [6.45, 7) is 0.619. The van der Waals surface area contributed by atoms with Gasteiger partial charge in [-0.3, -0.25) is 9.59 Å². The molecule has 3 aromatic rings. The average Bonchev–Trinajstić information content (AvgIpc) is 3.24. The number of furan rings is 1. The Morgan fingerprint density at radius 2 is 1.71 bits per heavy atom. The molecular weight excluding hydrogens is 379 g/mol. The molecule has 2 amide bonds. The van der Waals surface area contributed by atoms with Gasteiger partial charge in [-0.15, -0.1) is 11.8 Å². The van der Waals surface area contributed by atoms with Crippen molar-refractivity contribution in [3.63, 3.8) is 0 Å². The van der Waals surface area contributed by atoms with Crippen molar-refractivity contribution < 1.29 is 18.4 Å². The summed E-state index contributed by atoms with van der Waals surface area (Å²) in [5.74, 6) is 0.149. The van der Waals surface area contributed by atoms with Gasteiger partial charge in [-0.25, -0.2) is 4.39 Å². The molecular formula is C21H19FN2O3S. The first-order valence-corrected chi connectivity index (χ1v) is 9.64. The van der Waals surface area contributed by atoms with E-state index in [4.69, 9.17) is 4.42 Å². The maximum Gasteiger partial charge on any atom is 0.252 e. The molecule has 1 heterocycles. The van der Waals surface area contributed by atoms with E-state index in [2.05, 4.69) is 10.6 Å². The second-order valence-corrected chi connectivity index (χ2v) is 6.97. The molecule has 0 saturated heterocycles. The van der Waals surface area contributed by atoms with Crippen molar-refractivity contribution in [2.75, 3.05) is 5.75 Å². The predicted octanol–water partition coefficient (Wildman–Crippen LogP) is 3.76. The minimum absolute atomic E-state index is 0.150. The van der Waals surface area contributed by atoms with Gasteiger partial charge in [0.15, 0.2) is 0 Å². The lowest BCUT2D eigenvalue weighted by Crippen LogP contribution is -2.25. The molecule has 0 aliphatic rings. The van der Waals surface area contributed by atoms with Gasteiger partial charge in [0.05, 0.1) is 24.1 Å². The fourth-order valence-corrected chi connectivity index (χ4v) is 3.33. The summed E-state index contributed by atoms with van der Waals surface area (Å²) in [6, 6.07) is 16.6. The lowest BCUT2D eigenvalue weighted by atomic mass is 10.2. The van der Waals surface area contributed by atoms with Gasteiger partial charge in [0.2, 0.25) is 5.91 Å². The maximum atomic E-state index is 13.0. The number of benzene rings is 2. The third-order valence-corrected chi connectivity index (χ3v) is 4.97. The van der Waals surface area contributed by atoms with Crippen LogP contribution in [0.5, 0.6) is 0 Å². The van der Waals surface area contributed by atoms with Crippen LogP contribution in [0.2, 0.25) is 0 Å². The molecule has 0 atom stereocenters. The lowest BCUT2D eigenvalue weighted by Gasteiger charge is -2.10. The highest BCUT2D eigenvalue weighted by Gasteiger charge is 2.13. The zero-order valence-corrected chi connectivity index (χ0v) is 15.8. The molecule has 5 nitrogen and oxygen atoms in total. The predicted molar refractivity (Wildman–Crippen MR) is 105 cm³/mol. The number of hydrogen-bond donors (Lipinski definition) is 2. The molecule has 7 heteroatoms. The number of amides is 2. The Kier molecular flexibility index (Phi) is 6.86. The van der Waals surface area contributed by atoms with Crippen LogP contribution in [0, 0.1) is 5.82 Å². The van der Waals surface area contributed by atoms with Crippen molar-refractivity contribution in [2.24, 2.45) is 0 Å². The Morgan fingerprint density at radius 3 is 2.46 bits per heavy atom. The first-order valence-electron chi connectivity index (χ1n) is 8.65. The van der Waals surface area contributed by atoms with E-state index in [-0.39, 0.29) is 23.4 Å². The van der Waals surface area contributed by atoms with Crippen LogP contribution in [-0.4, -0.2) is 17.6 Å². The standard InChI is InChI=1S/C21H19FN2O3S/c22-16-9-7-15(8-10-16)12-24-21(26)18-5-1-2-6-19(18)28-14-20(25)23-13-17-4-3-11-27-17/h1-11H,12-14H2,(H,23,25)(H,24,26). The maximum absolute atomic E-state index is 13.0. The molecule has 0 radical (unpaired) electrons. The van der Waals surface area contributed by atoms with Gasteiger partial charge in [0.25, 0.3) is 5.91 Å². The summed E-state index contributed by atoms with van der Waals surface area (Å²) in [4.78, 5) is 25.3. The molecule has 0 fully saturated rings. The smallest absolute Gasteiger partial charge is 0.252 e. The zero-order valence-electron chi connectivity index (χ0n) is 15.0. The van der Waals surface area contributed by atoms with Crippen molar-refractivity contribution in [1.82, 2.24) is 10.6 Å². The fourth-order valence-electron chi connectivity index (χ4n) is 2.45. The van der Waals surface area contributed by atoms with Crippen molar-refractivity contribution >= 4 is 23.6 Å². The van der Waals surface area contributed by atoms with Crippen molar-refractivity contribution in [3.05, 3.63) is 89.6 Å². The van der Waals surface area contributed by atoms with Crippen molar-refractivity contribution in [2.45, 2.75) is 18.0 Å². The fraction of sp³-hybridized carbons (Fsp3) is 0.143. The zero-order chi connectivity index (χ0) is 19.8. The number of carbonyl (C=O) groups is 2. The van der Waals surface area contributed by atoms with Crippen LogP contribution in [-0.2, 0) is 17.9 Å². The van der Waals surface area contributed by atoms with Crippen LogP contribution < -0.4 is 10.6 Å². The van der Waals surface area contributed by atoms with Crippen LogP contribution in [0.25, 0.3) is 0 Å². The molecule has 0 spiro atoms. The summed E-state index contributed by atoms with van der Waals surface area (Å²) < 4.78 is 18.1. The second-order valence-electron chi connectivity index (χ2n) is 5.95. The molecule has 2 aromatic carbocycles. The Labute approximate surface area is 166 Å². The SMILES string of the molecule is O=C(CSc1ccccc1C(=O)NCc1ccc(F)cc1)NCc1ccco1. The number of thioether (sulfide) groups is 1. The summed E-state index contributed by atoms with van der Waals surface area (Å²) in [7, 11) is 0. The van der Waals surface area contributed by atoms with Gasteiger partial charge in [-0.1, -0.05) is 24.3 Å². The first-order chi connectivity index (χ1) is 13.6. The minimum Gasteiger partial charge on any atom is -0.467 e. The Balaban J connectivity index is 1.53. The minimum atomic E-state index is -0.317. The summed E-state index contributed by atoms with van der Waals surface area (Å²) in [6.07, 6.45) is 1.55. The number of rotatable bonds is 8. The van der Waals surface area contributed by atoms with E-state index in [1.807, 2.05) is 6.07 Å². The van der Waals surface area contributed by atoms with Crippen molar-refractivity contribution in [1.29, 1.82) is 0 Å². The number of carbonyl (C=O) groups excluding carboxylic acids is 2. The topological polar surface area (TPSA) is 71.3 Å². The summed E-state index contributed by atoms with van der Waals surface area (Å²) in [5.41, 5.74) is 1.30. The molecule has 1 aromatic heterocycles. The van der Waals surface area contributed by atoms with Crippen LogP contribution >= 0.6 is 11.8 Å². The van der Waals surface area contributed by atoms with E-state index in [1.54, 1.807) is 48.7 Å². The molecule has 2 N–H and O–H groups in total. The van der Waals surface area contributed by atoms with Gasteiger partial charge in [-0.05, 0) is 42.0 Å². The monoisotopic (exact) mass is 398 g/mol. The van der Waals surface area contributed by atoms with Gasteiger partial charge in [0, 0.05) is 11.4 Å². The molecule has 144 valence electrons. The van der Waals surface area contributed by atoms with Gasteiger partial charge in [0.1, 0.15) is 11.6 Å². The third-order valence-electron chi connectivity index (χ3n) is 3.90. The van der Waals surface area contributed by atoms with Crippen LogP contribution in [0.3, 0.4) is 0 Å². The molecule has 3 rings (SSSR count). The first kappa shape index (κ1) is 19.7. The number of halogens is 1. The normalized spacial score (nSPS) is 10.5. The highest BCUT2D eigenvalue weighted by molar-refractivity contribution is 8.00. The summed E-state index contributed by atoms with van der Waals surface area (Å²) >= 11 is 1.29. The lowest BCUT2D eigenvalue weighted by molar-refractivity contribution is -0.118. The Bertz CT molecular complexity index is 927. The molecule has 0 bridgehead atoms. The van der Waals surface area contributed by atoms with E-state index in [9.17, 15) is 14.0 Å². The summed E-state index contributed by atoms with van der Waals surface area (Å²) in [5, 5.41) is 5.59.